The maximum atomic E-state index is 13.5. The number of aryl methyl sites for hydroxylation is 2. The Hall–Kier alpha value is -2.48. The quantitative estimate of drug-likeness (QED) is 0.417. The van der Waals surface area contributed by atoms with E-state index in [1.807, 2.05) is 13.0 Å². The van der Waals surface area contributed by atoms with Gasteiger partial charge in [0.05, 0.1) is 11.2 Å². The highest BCUT2D eigenvalue weighted by molar-refractivity contribution is 7.11. The number of hydrogen-bond acceptors (Lipinski definition) is 4. The fourth-order valence-electron chi connectivity index (χ4n) is 2.11. The third kappa shape index (κ3) is 5.53. The van der Waals surface area contributed by atoms with Crippen LogP contribution in [0.2, 0.25) is 0 Å². The minimum absolute atomic E-state index is 0.125. The normalized spacial score (nSPS) is 11.3. The Morgan fingerprint density at radius 2 is 2.00 bits per heavy atom. The number of carbonyl (C=O) groups is 1. The Labute approximate surface area is 150 Å². The molecule has 3 N–H and O–H groups in total. The monoisotopic (exact) mass is 363 g/mol. The van der Waals surface area contributed by atoms with Crippen LogP contribution in [0.5, 0.6) is 0 Å². The fraction of sp³-hybridized carbons (Fsp3) is 0.353. The Balaban J connectivity index is 1.72. The first-order valence-electron chi connectivity index (χ1n) is 7.89. The van der Waals surface area contributed by atoms with Gasteiger partial charge in [0.2, 0.25) is 0 Å². The lowest BCUT2D eigenvalue weighted by Gasteiger charge is -2.12. The van der Waals surface area contributed by atoms with Crippen LogP contribution in [-0.2, 0) is 6.54 Å². The summed E-state index contributed by atoms with van der Waals surface area (Å²) >= 11 is 1.32. The first-order chi connectivity index (χ1) is 12.0. The van der Waals surface area contributed by atoms with Crippen LogP contribution in [0.4, 0.5) is 4.39 Å². The van der Waals surface area contributed by atoms with E-state index in [1.165, 1.54) is 17.4 Å². The smallest absolute Gasteiger partial charge is 0.263 e. The van der Waals surface area contributed by atoms with Gasteiger partial charge in [-0.15, -0.1) is 11.3 Å². The summed E-state index contributed by atoms with van der Waals surface area (Å²) in [6.45, 7) is 4.98. The van der Waals surface area contributed by atoms with Crippen LogP contribution in [0.15, 0.2) is 28.7 Å². The van der Waals surface area contributed by atoms with Crippen LogP contribution in [0.1, 0.15) is 26.5 Å². The number of aromatic nitrogens is 1. The van der Waals surface area contributed by atoms with Crippen molar-refractivity contribution in [3.8, 4) is 0 Å². The molecule has 1 amide bonds. The van der Waals surface area contributed by atoms with E-state index in [-0.39, 0.29) is 11.7 Å². The van der Waals surface area contributed by atoms with Gasteiger partial charge in [-0.05, 0) is 31.0 Å². The van der Waals surface area contributed by atoms with Gasteiger partial charge in [0.25, 0.3) is 5.91 Å². The Morgan fingerprint density at radius 3 is 2.64 bits per heavy atom. The average Bonchev–Trinajstić information content (AvgIpc) is 3.03. The van der Waals surface area contributed by atoms with Crippen molar-refractivity contribution in [1.29, 1.82) is 0 Å². The molecule has 0 atom stereocenters. The molecule has 1 heterocycles. The summed E-state index contributed by atoms with van der Waals surface area (Å²) in [6.07, 6.45) is 0. The SMILES string of the molecule is CN=C(NCCNC(=O)c1scnc1C)NCc1ccc(C)c(F)c1. The molecule has 134 valence electrons. The molecule has 1 aromatic carbocycles. The van der Waals surface area contributed by atoms with Crippen molar-refractivity contribution in [2.24, 2.45) is 4.99 Å². The van der Waals surface area contributed by atoms with Crippen LogP contribution in [0.25, 0.3) is 0 Å². The van der Waals surface area contributed by atoms with Gasteiger partial charge in [-0.1, -0.05) is 12.1 Å². The van der Waals surface area contributed by atoms with Crippen molar-refractivity contribution < 1.29 is 9.18 Å². The largest absolute Gasteiger partial charge is 0.355 e. The second kappa shape index (κ2) is 9.12. The predicted molar refractivity (Wildman–Crippen MR) is 98.5 cm³/mol. The zero-order valence-corrected chi connectivity index (χ0v) is 15.3. The van der Waals surface area contributed by atoms with Crippen molar-refractivity contribution in [1.82, 2.24) is 20.9 Å². The standard InChI is InChI=1S/C17H22FN5OS/c1-11-4-5-13(8-14(11)18)9-22-17(19-3)21-7-6-20-16(24)15-12(2)23-10-25-15/h4-5,8,10H,6-7,9H2,1-3H3,(H,20,24)(H2,19,21,22). The number of nitrogens with one attached hydrogen (secondary N) is 3. The Kier molecular flexibility index (Phi) is 6.88. The van der Waals surface area contributed by atoms with Crippen LogP contribution in [0, 0.1) is 19.7 Å². The highest BCUT2D eigenvalue weighted by Gasteiger charge is 2.10. The van der Waals surface area contributed by atoms with Gasteiger partial charge in [0, 0.05) is 26.7 Å². The second-order valence-corrected chi connectivity index (χ2v) is 6.31. The lowest BCUT2D eigenvalue weighted by atomic mass is 10.1. The van der Waals surface area contributed by atoms with Crippen molar-refractivity contribution in [3.63, 3.8) is 0 Å². The molecule has 8 heteroatoms. The Morgan fingerprint density at radius 1 is 1.24 bits per heavy atom. The maximum Gasteiger partial charge on any atom is 0.263 e. The first-order valence-corrected chi connectivity index (χ1v) is 8.77. The molecule has 6 nitrogen and oxygen atoms in total. The van der Waals surface area contributed by atoms with E-state index in [2.05, 4.69) is 25.9 Å². The summed E-state index contributed by atoms with van der Waals surface area (Å²) in [7, 11) is 1.66. The van der Waals surface area contributed by atoms with E-state index in [4.69, 9.17) is 0 Å². The van der Waals surface area contributed by atoms with Crippen LogP contribution in [-0.4, -0.2) is 37.0 Å². The van der Waals surface area contributed by atoms with E-state index >= 15 is 0 Å². The van der Waals surface area contributed by atoms with Gasteiger partial charge in [-0.2, -0.15) is 0 Å². The lowest BCUT2D eigenvalue weighted by Crippen LogP contribution is -2.41. The highest BCUT2D eigenvalue weighted by Crippen LogP contribution is 2.11. The first kappa shape index (κ1) is 18.9. The topological polar surface area (TPSA) is 78.4 Å². The molecule has 0 saturated heterocycles. The summed E-state index contributed by atoms with van der Waals surface area (Å²) in [5.74, 6) is 0.243. The number of nitrogens with zero attached hydrogens (tertiary/aromatic N) is 2. The van der Waals surface area contributed by atoms with Crippen LogP contribution < -0.4 is 16.0 Å². The molecule has 0 aliphatic rings. The summed E-state index contributed by atoms with van der Waals surface area (Å²) in [4.78, 5) is 20.8. The molecular weight excluding hydrogens is 341 g/mol. The number of rotatable bonds is 6. The molecule has 0 saturated carbocycles. The molecule has 0 radical (unpaired) electrons. The maximum absolute atomic E-state index is 13.5. The number of thiazole rings is 1. The molecule has 25 heavy (non-hydrogen) atoms. The number of benzene rings is 1. The summed E-state index contributed by atoms with van der Waals surface area (Å²) in [5.41, 5.74) is 3.85. The zero-order chi connectivity index (χ0) is 18.2. The predicted octanol–water partition coefficient (Wildman–Crippen LogP) is 1.99. The number of halogens is 1. The fourth-order valence-corrected chi connectivity index (χ4v) is 2.83. The van der Waals surface area contributed by atoms with E-state index in [1.54, 1.807) is 25.5 Å². The van der Waals surface area contributed by atoms with E-state index in [9.17, 15) is 9.18 Å². The molecule has 2 aromatic rings. The van der Waals surface area contributed by atoms with Gasteiger partial charge >= 0.3 is 0 Å². The summed E-state index contributed by atoms with van der Waals surface area (Å²) < 4.78 is 13.5. The highest BCUT2D eigenvalue weighted by atomic mass is 32.1. The molecule has 0 aliphatic carbocycles. The van der Waals surface area contributed by atoms with Crippen LogP contribution in [0.3, 0.4) is 0 Å². The van der Waals surface area contributed by atoms with E-state index in [0.29, 0.717) is 36.0 Å². The van der Waals surface area contributed by atoms with Crippen molar-refractivity contribution in [3.05, 3.63) is 51.2 Å². The molecule has 2 rings (SSSR count). The molecule has 1 aromatic heterocycles. The second-order valence-electron chi connectivity index (χ2n) is 5.46. The third-order valence-corrected chi connectivity index (χ3v) is 4.50. The van der Waals surface area contributed by atoms with Gasteiger partial charge < -0.3 is 16.0 Å². The van der Waals surface area contributed by atoms with Gasteiger partial charge in [-0.25, -0.2) is 9.37 Å². The summed E-state index contributed by atoms with van der Waals surface area (Å²) in [6, 6.07) is 5.13. The lowest BCUT2D eigenvalue weighted by molar-refractivity contribution is 0.0957. The van der Waals surface area contributed by atoms with Gasteiger partial charge in [0.1, 0.15) is 10.7 Å². The van der Waals surface area contributed by atoms with Crippen LogP contribution >= 0.6 is 11.3 Å². The van der Waals surface area contributed by atoms with Crippen molar-refractivity contribution in [2.45, 2.75) is 20.4 Å². The number of carbonyl (C=O) groups excluding carboxylic acids is 1. The van der Waals surface area contributed by atoms with Crippen molar-refractivity contribution >= 4 is 23.2 Å². The van der Waals surface area contributed by atoms with E-state index in [0.717, 1.165) is 11.3 Å². The minimum atomic E-state index is -0.219. The average molecular weight is 363 g/mol. The molecule has 0 fully saturated rings. The minimum Gasteiger partial charge on any atom is -0.355 e. The molecule has 0 aliphatic heterocycles. The molecule has 0 spiro atoms. The molecule has 0 unspecified atom stereocenters. The number of amides is 1. The van der Waals surface area contributed by atoms with Gasteiger partial charge in [0.15, 0.2) is 5.96 Å². The third-order valence-electron chi connectivity index (χ3n) is 3.57. The summed E-state index contributed by atoms with van der Waals surface area (Å²) in [5, 5.41) is 9.04. The Bertz CT molecular complexity index is 759. The van der Waals surface area contributed by atoms with Gasteiger partial charge in [-0.3, -0.25) is 9.79 Å². The number of hydrogen-bond donors (Lipinski definition) is 3. The number of guanidine groups is 1. The zero-order valence-electron chi connectivity index (χ0n) is 14.5. The van der Waals surface area contributed by atoms with Crippen molar-refractivity contribution in [2.75, 3.05) is 20.1 Å². The molecular formula is C17H22FN5OS. The number of aliphatic imine (C=N–C) groups is 1. The molecule has 0 bridgehead atoms. The van der Waals surface area contributed by atoms with E-state index < -0.39 is 0 Å².